The molecule has 0 atom stereocenters. The minimum Gasteiger partial charge on any atom is -0.340 e. The molecule has 0 spiro atoms. The maximum Gasteiger partial charge on any atom is 0.211 e. The molecule has 7 nitrogen and oxygen atoms in total. The number of aromatic nitrogens is 5. The van der Waals surface area contributed by atoms with Gasteiger partial charge in [0.15, 0.2) is 11.6 Å². The Morgan fingerprint density at radius 2 is 1.85 bits per heavy atom. The third kappa shape index (κ3) is 3.73. The highest BCUT2D eigenvalue weighted by Crippen LogP contribution is 2.47. The number of imidazole rings is 2. The van der Waals surface area contributed by atoms with Crippen molar-refractivity contribution >= 4 is 17.9 Å². The summed E-state index contributed by atoms with van der Waals surface area (Å²) in [5.74, 6) is 4.27. The highest BCUT2D eigenvalue weighted by Gasteiger charge is 2.48. The number of pyridine rings is 1. The van der Waals surface area contributed by atoms with Crippen molar-refractivity contribution in [2.24, 2.45) is 7.05 Å². The Morgan fingerprint density at radius 3 is 2.44 bits per heavy atom. The van der Waals surface area contributed by atoms with Crippen LogP contribution in [0.3, 0.4) is 0 Å². The molecule has 0 radical (unpaired) electrons. The Hall–Kier alpha value is -4.32. The van der Waals surface area contributed by atoms with Gasteiger partial charge in [0.25, 0.3) is 0 Å². The Bertz CT molecular complexity index is 1420. The molecule has 0 bridgehead atoms. The van der Waals surface area contributed by atoms with Crippen LogP contribution in [0.1, 0.15) is 24.0 Å². The summed E-state index contributed by atoms with van der Waals surface area (Å²) in [4.78, 5) is 26.1. The van der Waals surface area contributed by atoms with E-state index in [9.17, 15) is 4.79 Å². The molecule has 5 rings (SSSR count). The average Bonchev–Trinajstić information content (AvgIpc) is 3.28. The number of halogens is 2. The molecule has 0 saturated heterocycles. The fourth-order valence-electron chi connectivity index (χ4n) is 3.90. The highest BCUT2D eigenvalue weighted by molar-refractivity contribution is 5.73. The van der Waals surface area contributed by atoms with Gasteiger partial charge in [-0.1, -0.05) is 11.8 Å². The van der Waals surface area contributed by atoms with Crippen LogP contribution in [-0.2, 0) is 17.4 Å². The Labute approximate surface area is 194 Å². The van der Waals surface area contributed by atoms with Crippen LogP contribution < -0.4 is 4.90 Å². The second-order valence-corrected chi connectivity index (χ2v) is 8.26. The van der Waals surface area contributed by atoms with Gasteiger partial charge in [0.1, 0.15) is 23.2 Å². The maximum absolute atomic E-state index is 15.1. The van der Waals surface area contributed by atoms with Gasteiger partial charge in [-0.05, 0) is 37.1 Å². The van der Waals surface area contributed by atoms with Crippen molar-refractivity contribution in [2.45, 2.75) is 18.4 Å². The van der Waals surface area contributed by atoms with Gasteiger partial charge < -0.3 is 14.3 Å². The predicted octanol–water partition coefficient (Wildman–Crippen LogP) is 3.81. The van der Waals surface area contributed by atoms with E-state index in [1.165, 1.54) is 24.1 Å². The fraction of sp³-hybridized carbons (Fsp3) is 0.200. The van der Waals surface area contributed by atoms with Crippen molar-refractivity contribution < 1.29 is 13.6 Å². The number of anilines is 2. The number of aryl methyl sites for hydroxylation is 1. The second kappa shape index (κ2) is 8.23. The lowest BCUT2D eigenvalue weighted by atomic mass is 10.1. The van der Waals surface area contributed by atoms with Crippen molar-refractivity contribution in [1.29, 1.82) is 0 Å². The lowest BCUT2D eigenvalue weighted by Crippen LogP contribution is -2.26. The minimum absolute atomic E-state index is 0.195. The van der Waals surface area contributed by atoms with E-state index in [1.807, 2.05) is 7.05 Å². The third-order valence-electron chi connectivity index (χ3n) is 5.80. The zero-order valence-electron chi connectivity index (χ0n) is 18.5. The second-order valence-electron chi connectivity index (χ2n) is 8.26. The number of rotatable bonds is 5. The molecule has 1 aliphatic carbocycles. The van der Waals surface area contributed by atoms with E-state index in [0.29, 0.717) is 29.8 Å². The molecule has 170 valence electrons. The van der Waals surface area contributed by atoms with Gasteiger partial charge in [-0.3, -0.25) is 9.55 Å². The van der Waals surface area contributed by atoms with Gasteiger partial charge in [-0.15, -0.1) is 0 Å². The number of nitrogens with zero attached hydrogens (tertiary/aromatic N) is 6. The van der Waals surface area contributed by atoms with Gasteiger partial charge in [-0.2, -0.15) is 0 Å². The van der Waals surface area contributed by atoms with Crippen LogP contribution in [0.25, 0.3) is 11.4 Å². The lowest BCUT2D eigenvalue weighted by Gasteiger charge is -2.24. The number of aldehydes is 1. The van der Waals surface area contributed by atoms with Crippen LogP contribution in [-0.4, -0.2) is 37.4 Å². The topological polar surface area (TPSA) is 68.8 Å². The normalized spacial score (nSPS) is 13.8. The molecule has 0 unspecified atom stereocenters. The lowest BCUT2D eigenvalue weighted by molar-refractivity contribution is -0.111. The first-order valence-corrected chi connectivity index (χ1v) is 10.6. The SMILES string of the molecule is CN(c1c(F)cc(C#Cc2cccnc2)cc1F)c1ncc(-c2cn(C)cn2)n1C1(C=O)CC1. The van der Waals surface area contributed by atoms with Crippen molar-refractivity contribution in [3.05, 3.63) is 78.1 Å². The molecule has 1 fully saturated rings. The summed E-state index contributed by atoms with van der Waals surface area (Å²) in [5, 5.41) is 0. The zero-order valence-corrected chi connectivity index (χ0v) is 18.5. The summed E-state index contributed by atoms with van der Waals surface area (Å²) in [5.41, 5.74) is 0.955. The van der Waals surface area contributed by atoms with Crippen LogP contribution in [0.5, 0.6) is 0 Å². The number of hydrogen-bond acceptors (Lipinski definition) is 5. The third-order valence-corrected chi connectivity index (χ3v) is 5.80. The smallest absolute Gasteiger partial charge is 0.211 e. The summed E-state index contributed by atoms with van der Waals surface area (Å²) in [6.07, 6.45) is 10.3. The first-order valence-electron chi connectivity index (χ1n) is 10.6. The summed E-state index contributed by atoms with van der Waals surface area (Å²) >= 11 is 0. The molecule has 9 heteroatoms. The molecule has 1 aliphatic rings. The molecular weight excluding hydrogens is 438 g/mol. The van der Waals surface area contributed by atoms with Gasteiger partial charge in [0.05, 0.1) is 18.2 Å². The van der Waals surface area contributed by atoms with E-state index in [-0.39, 0.29) is 17.2 Å². The van der Waals surface area contributed by atoms with Gasteiger partial charge in [0.2, 0.25) is 5.95 Å². The monoisotopic (exact) mass is 458 g/mol. The predicted molar refractivity (Wildman–Crippen MR) is 122 cm³/mol. The van der Waals surface area contributed by atoms with Crippen LogP contribution in [0.2, 0.25) is 0 Å². The molecule has 0 aliphatic heterocycles. The maximum atomic E-state index is 15.1. The minimum atomic E-state index is -0.810. The van der Waals surface area contributed by atoms with E-state index in [0.717, 1.165) is 6.29 Å². The Kier molecular flexibility index (Phi) is 5.21. The van der Waals surface area contributed by atoms with E-state index < -0.39 is 17.2 Å². The van der Waals surface area contributed by atoms with Crippen molar-refractivity contribution in [1.82, 2.24) is 24.1 Å². The molecular formula is C25H20F2N6O. The number of carbonyl (C=O) groups is 1. The van der Waals surface area contributed by atoms with Crippen molar-refractivity contribution in [3.63, 3.8) is 0 Å². The number of carbonyl (C=O) groups excluding carboxylic acids is 1. The van der Waals surface area contributed by atoms with E-state index in [4.69, 9.17) is 0 Å². The van der Waals surface area contributed by atoms with Gasteiger partial charge in [0, 0.05) is 43.8 Å². The molecule has 1 saturated carbocycles. The van der Waals surface area contributed by atoms with Crippen LogP contribution in [0.4, 0.5) is 20.4 Å². The molecule has 3 heterocycles. The fourth-order valence-corrected chi connectivity index (χ4v) is 3.90. The standard InChI is InChI=1S/C25H20F2N6O/c1-31-14-21(30-16-31)22-13-29-24(33(22)25(15-34)7-8-25)32(2)23-19(26)10-18(11-20(23)27)6-5-17-4-3-9-28-12-17/h3-4,9-16H,7-8H2,1-2H3. The van der Waals surface area contributed by atoms with Crippen LogP contribution in [0, 0.1) is 23.5 Å². The van der Waals surface area contributed by atoms with E-state index in [1.54, 1.807) is 52.4 Å². The molecule has 34 heavy (non-hydrogen) atoms. The quantitative estimate of drug-likeness (QED) is 0.336. The highest BCUT2D eigenvalue weighted by atomic mass is 19.1. The number of benzene rings is 1. The summed E-state index contributed by atoms with van der Waals surface area (Å²) < 4.78 is 33.8. The molecule has 4 aromatic rings. The Morgan fingerprint density at radius 1 is 1.12 bits per heavy atom. The average molecular weight is 458 g/mol. The van der Waals surface area contributed by atoms with E-state index >= 15 is 8.78 Å². The summed E-state index contributed by atoms with van der Waals surface area (Å²) in [6.45, 7) is 0. The van der Waals surface area contributed by atoms with E-state index in [2.05, 4.69) is 26.8 Å². The van der Waals surface area contributed by atoms with Crippen molar-refractivity contribution in [3.8, 4) is 23.2 Å². The summed E-state index contributed by atoms with van der Waals surface area (Å²) in [7, 11) is 3.35. The number of hydrogen-bond donors (Lipinski definition) is 0. The molecule has 0 amide bonds. The Balaban J connectivity index is 1.55. The first kappa shape index (κ1) is 21.5. The largest absolute Gasteiger partial charge is 0.340 e. The zero-order chi connectivity index (χ0) is 23.9. The molecule has 1 aromatic carbocycles. The first-order chi connectivity index (χ1) is 16.4. The van der Waals surface area contributed by atoms with Crippen LogP contribution in [0.15, 0.2) is 55.4 Å². The van der Waals surface area contributed by atoms with Crippen LogP contribution >= 0.6 is 0 Å². The van der Waals surface area contributed by atoms with Gasteiger partial charge in [-0.25, -0.2) is 18.7 Å². The molecule has 3 aromatic heterocycles. The molecule has 0 N–H and O–H groups in total. The van der Waals surface area contributed by atoms with Gasteiger partial charge >= 0.3 is 0 Å². The summed E-state index contributed by atoms with van der Waals surface area (Å²) in [6, 6.07) is 5.85. The van der Waals surface area contributed by atoms with Crippen molar-refractivity contribution in [2.75, 3.05) is 11.9 Å².